The standard InChI is InChI=1S/C13H17ClN4O2/c14-10-5-1-2-6-11(10)16-13(19)18-7-3-4-9(8-18)12(15)17-20/h1-2,5-6,9,20H,3-4,7-8H2,(H2,15,17)(H,16,19). The predicted octanol–water partition coefficient (Wildman–Crippen LogP) is 2.33. The Kier molecular flexibility index (Phi) is 4.68. The fourth-order valence-corrected chi connectivity index (χ4v) is 2.42. The SMILES string of the molecule is NC(=NO)C1CCCN(C(=O)Nc2ccccc2Cl)C1. The second-order valence-electron chi connectivity index (χ2n) is 4.72. The number of carbonyl (C=O) groups is 1. The van der Waals surface area contributed by atoms with Crippen LogP contribution in [-0.2, 0) is 0 Å². The van der Waals surface area contributed by atoms with Gasteiger partial charge in [-0.25, -0.2) is 4.79 Å². The minimum Gasteiger partial charge on any atom is -0.409 e. The molecule has 1 aliphatic heterocycles. The maximum Gasteiger partial charge on any atom is 0.321 e. The van der Waals surface area contributed by atoms with E-state index in [1.807, 2.05) is 0 Å². The van der Waals surface area contributed by atoms with Crippen molar-refractivity contribution in [3.05, 3.63) is 29.3 Å². The molecule has 0 saturated carbocycles. The van der Waals surface area contributed by atoms with Crippen LogP contribution in [0.5, 0.6) is 0 Å². The van der Waals surface area contributed by atoms with Crippen molar-refractivity contribution >= 4 is 29.2 Å². The smallest absolute Gasteiger partial charge is 0.321 e. The van der Waals surface area contributed by atoms with E-state index in [0.717, 1.165) is 12.8 Å². The van der Waals surface area contributed by atoms with Crippen LogP contribution in [0.4, 0.5) is 10.5 Å². The Morgan fingerprint density at radius 3 is 2.95 bits per heavy atom. The number of halogens is 1. The number of likely N-dealkylation sites (tertiary alicyclic amines) is 1. The third-order valence-electron chi connectivity index (χ3n) is 3.36. The molecule has 1 fully saturated rings. The molecule has 1 unspecified atom stereocenters. The first kappa shape index (κ1) is 14.5. The second-order valence-corrected chi connectivity index (χ2v) is 5.13. The summed E-state index contributed by atoms with van der Waals surface area (Å²) in [4.78, 5) is 13.8. The predicted molar refractivity (Wildman–Crippen MR) is 78.2 cm³/mol. The van der Waals surface area contributed by atoms with Crippen molar-refractivity contribution in [2.75, 3.05) is 18.4 Å². The van der Waals surface area contributed by atoms with E-state index >= 15 is 0 Å². The molecule has 1 saturated heterocycles. The van der Waals surface area contributed by atoms with Crippen molar-refractivity contribution in [2.45, 2.75) is 12.8 Å². The van der Waals surface area contributed by atoms with Crippen LogP contribution in [0.3, 0.4) is 0 Å². The molecule has 6 nitrogen and oxygen atoms in total. The number of rotatable bonds is 2. The van der Waals surface area contributed by atoms with Gasteiger partial charge < -0.3 is 21.2 Å². The number of urea groups is 1. The number of amidine groups is 1. The van der Waals surface area contributed by atoms with E-state index in [0.29, 0.717) is 23.8 Å². The van der Waals surface area contributed by atoms with Crippen LogP contribution < -0.4 is 11.1 Å². The first-order valence-corrected chi connectivity index (χ1v) is 6.77. The average molecular weight is 297 g/mol. The number of oxime groups is 1. The largest absolute Gasteiger partial charge is 0.409 e. The van der Waals surface area contributed by atoms with Gasteiger partial charge in [0.2, 0.25) is 0 Å². The van der Waals surface area contributed by atoms with Crippen LogP contribution in [0.25, 0.3) is 0 Å². The Morgan fingerprint density at radius 1 is 1.50 bits per heavy atom. The van der Waals surface area contributed by atoms with Crippen molar-refractivity contribution in [1.82, 2.24) is 4.90 Å². The molecule has 0 bridgehead atoms. The maximum absolute atomic E-state index is 12.2. The third-order valence-corrected chi connectivity index (χ3v) is 3.69. The van der Waals surface area contributed by atoms with Gasteiger partial charge in [0, 0.05) is 19.0 Å². The summed E-state index contributed by atoms with van der Waals surface area (Å²) >= 11 is 6.00. The number of nitrogens with zero attached hydrogens (tertiary/aromatic N) is 2. The molecule has 0 spiro atoms. The Morgan fingerprint density at radius 2 is 2.25 bits per heavy atom. The van der Waals surface area contributed by atoms with Crippen molar-refractivity contribution in [3.8, 4) is 0 Å². The van der Waals surface area contributed by atoms with E-state index in [2.05, 4.69) is 10.5 Å². The van der Waals surface area contributed by atoms with Gasteiger partial charge in [0.05, 0.1) is 10.7 Å². The summed E-state index contributed by atoms with van der Waals surface area (Å²) in [6.45, 7) is 1.08. The summed E-state index contributed by atoms with van der Waals surface area (Å²) in [5.41, 5.74) is 6.18. The quantitative estimate of drug-likeness (QED) is 0.338. The molecule has 7 heteroatoms. The van der Waals surface area contributed by atoms with Gasteiger partial charge in [-0.15, -0.1) is 0 Å². The zero-order valence-corrected chi connectivity index (χ0v) is 11.7. The summed E-state index contributed by atoms with van der Waals surface area (Å²) in [6, 6.07) is 6.83. The van der Waals surface area contributed by atoms with Crippen molar-refractivity contribution in [1.29, 1.82) is 0 Å². The van der Waals surface area contributed by atoms with Crippen LogP contribution in [0.15, 0.2) is 29.4 Å². The lowest BCUT2D eigenvalue weighted by molar-refractivity contribution is 0.190. The number of carbonyl (C=O) groups excluding carboxylic acids is 1. The van der Waals surface area contributed by atoms with Crippen LogP contribution in [0.2, 0.25) is 5.02 Å². The van der Waals surface area contributed by atoms with E-state index < -0.39 is 0 Å². The number of nitrogens with one attached hydrogen (secondary N) is 1. The van der Waals surface area contributed by atoms with Gasteiger partial charge in [-0.2, -0.15) is 0 Å². The summed E-state index contributed by atoms with van der Waals surface area (Å²) in [6.07, 6.45) is 1.63. The van der Waals surface area contributed by atoms with Crippen LogP contribution >= 0.6 is 11.6 Å². The zero-order chi connectivity index (χ0) is 14.5. The molecule has 1 aliphatic rings. The fraction of sp³-hybridized carbons (Fsp3) is 0.385. The molecule has 108 valence electrons. The number of hydrogen-bond acceptors (Lipinski definition) is 3. The molecule has 2 amide bonds. The number of anilines is 1. The van der Waals surface area contributed by atoms with Gasteiger partial charge in [0.1, 0.15) is 5.84 Å². The minimum atomic E-state index is -0.228. The number of piperidine rings is 1. The van der Waals surface area contributed by atoms with E-state index in [1.165, 1.54) is 0 Å². The highest BCUT2D eigenvalue weighted by Crippen LogP contribution is 2.22. The number of amides is 2. The highest BCUT2D eigenvalue weighted by atomic mass is 35.5. The maximum atomic E-state index is 12.2. The summed E-state index contributed by atoms with van der Waals surface area (Å²) < 4.78 is 0. The Balaban J connectivity index is 2.01. The van der Waals surface area contributed by atoms with Crippen LogP contribution in [0, 0.1) is 5.92 Å². The van der Waals surface area contributed by atoms with Gasteiger partial charge >= 0.3 is 6.03 Å². The number of hydrogen-bond donors (Lipinski definition) is 3. The molecule has 4 N–H and O–H groups in total. The molecule has 1 aromatic rings. The van der Waals surface area contributed by atoms with Gasteiger partial charge in [0.15, 0.2) is 0 Å². The Labute approximate surface area is 122 Å². The number of nitrogens with two attached hydrogens (primary N) is 1. The monoisotopic (exact) mass is 296 g/mol. The number of benzene rings is 1. The number of para-hydroxylation sites is 1. The molecule has 0 aliphatic carbocycles. The Bertz CT molecular complexity index is 521. The van der Waals surface area contributed by atoms with Gasteiger partial charge in [-0.3, -0.25) is 0 Å². The summed E-state index contributed by atoms with van der Waals surface area (Å²) in [7, 11) is 0. The van der Waals surface area contributed by atoms with Crippen molar-refractivity contribution in [3.63, 3.8) is 0 Å². The summed E-state index contributed by atoms with van der Waals surface area (Å²) in [5, 5.41) is 15.0. The summed E-state index contributed by atoms with van der Waals surface area (Å²) in [5.74, 6) is 0.0611. The zero-order valence-electron chi connectivity index (χ0n) is 10.9. The molecule has 1 heterocycles. The Hall–Kier alpha value is -1.95. The molecule has 20 heavy (non-hydrogen) atoms. The first-order valence-electron chi connectivity index (χ1n) is 6.39. The van der Waals surface area contributed by atoms with E-state index in [-0.39, 0.29) is 17.8 Å². The first-order chi connectivity index (χ1) is 9.61. The van der Waals surface area contributed by atoms with Crippen LogP contribution in [0.1, 0.15) is 12.8 Å². The highest BCUT2D eigenvalue weighted by molar-refractivity contribution is 6.33. The molecule has 2 rings (SSSR count). The topological polar surface area (TPSA) is 91.0 Å². The van der Waals surface area contributed by atoms with Crippen molar-refractivity contribution in [2.24, 2.45) is 16.8 Å². The van der Waals surface area contributed by atoms with Crippen molar-refractivity contribution < 1.29 is 10.0 Å². The van der Waals surface area contributed by atoms with Gasteiger partial charge in [-0.05, 0) is 25.0 Å². The average Bonchev–Trinajstić information content (AvgIpc) is 2.49. The van der Waals surface area contributed by atoms with E-state index in [4.69, 9.17) is 22.5 Å². The molecule has 0 aromatic heterocycles. The van der Waals surface area contributed by atoms with Gasteiger partial charge in [-0.1, -0.05) is 28.9 Å². The van der Waals surface area contributed by atoms with Gasteiger partial charge in [0.25, 0.3) is 0 Å². The highest BCUT2D eigenvalue weighted by Gasteiger charge is 2.26. The minimum absolute atomic E-state index is 0.106. The lowest BCUT2D eigenvalue weighted by Crippen LogP contribution is -2.45. The normalized spacial score (nSPS) is 19.8. The molecule has 1 aromatic carbocycles. The molecular formula is C13H17ClN4O2. The van der Waals surface area contributed by atoms with E-state index in [1.54, 1.807) is 29.2 Å². The molecule has 0 radical (unpaired) electrons. The lowest BCUT2D eigenvalue weighted by Gasteiger charge is -2.32. The molecular weight excluding hydrogens is 280 g/mol. The third kappa shape index (κ3) is 3.33. The van der Waals surface area contributed by atoms with Crippen LogP contribution in [-0.4, -0.2) is 35.1 Å². The second kappa shape index (κ2) is 6.47. The lowest BCUT2D eigenvalue weighted by atomic mass is 9.97. The van der Waals surface area contributed by atoms with E-state index in [9.17, 15) is 4.79 Å². The fourth-order valence-electron chi connectivity index (χ4n) is 2.24. The molecule has 1 atom stereocenters.